The molecule has 1 saturated carbocycles. The summed E-state index contributed by atoms with van der Waals surface area (Å²) < 4.78 is 1.56. The molecule has 146 valence electrons. The third-order valence-electron chi connectivity index (χ3n) is 4.71. The van der Waals surface area contributed by atoms with Crippen molar-refractivity contribution < 1.29 is 0 Å². The molecule has 0 saturated heterocycles. The van der Waals surface area contributed by atoms with Gasteiger partial charge in [-0.3, -0.25) is 0 Å². The topological polar surface area (TPSA) is 107 Å². The van der Waals surface area contributed by atoms with Crippen LogP contribution in [-0.2, 0) is 0 Å². The van der Waals surface area contributed by atoms with E-state index in [1.165, 1.54) is 31.0 Å². The molecule has 9 heteroatoms. The summed E-state index contributed by atoms with van der Waals surface area (Å²) in [6.45, 7) is 0. The Balaban J connectivity index is 1.60. The predicted molar refractivity (Wildman–Crippen MR) is 113 cm³/mol. The number of anilines is 4. The van der Waals surface area contributed by atoms with E-state index in [9.17, 15) is 0 Å². The number of nitrogen functional groups attached to an aromatic ring is 1. The van der Waals surface area contributed by atoms with E-state index in [1.807, 2.05) is 42.7 Å². The van der Waals surface area contributed by atoms with Gasteiger partial charge >= 0.3 is 0 Å². The van der Waals surface area contributed by atoms with E-state index < -0.39 is 0 Å². The van der Waals surface area contributed by atoms with Crippen molar-refractivity contribution in [2.45, 2.75) is 43.3 Å². The second-order valence-electron chi connectivity index (χ2n) is 6.77. The van der Waals surface area contributed by atoms with E-state index in [0.717, 1.165) is 18.5 Å². The Morgan fingerprint density at radius 1 is 1.07 bits per heavy atom. The zero-order chi connectivity index (χ0) is 19.3. The van der Waals surface area contributed by atoms with Gasteiger partial charge in [-0.15, -0.1) is 5.10 Å². The van der Waals surface area contributed by atoms with E-state index in [-0.39, 0.29) is 0 Å². The minimum absolute atomic E-state index is 0.301. The third kappa shape index (κ3) is 4.36. The number of hydrogen-bond donors (Lipinski definition) is 3. The SMILES string of the molecule is CSc1nc(Nc2ccccc2)cc(-n2nc(NC3CCCCC3)nc2N)n1. The monoisotopic (exact) mass is 396 g/mol. The summed E-state index contributed by atoms with van der Waals surface area (Å²) in [6.07, 6.45) is 8.01. The average molecular weight is 397 g/mol. The number of nitrogens with two attached hydrogens (primary N) is 1. The molecule has 0 unspecified atom stereocenters. The van der Waals surface area contributed by atoms with Gasteiger partial charge in [0, 0.05) is 17.8 Å². The number of nitrogens with zero attached hydrogens (tertiary/aromatic N) is 5. The Morgan fingerprint density at radius 3 is 2.61 bits per heavy atom. The highest BCUT2D eigenvalue weighted by atomic mass is 32.2. The molecule has 1 aliphatic rings. The molecule has 0 atom stereocenters. The van der Waals surface area contributed by atoms with Gasteiger partial charge < -0.3 is 16.4 Å². The first-order valence-corrected chi connectivity index (χ1v) is 10.7. The number of para-hydroxylation sites is 1. The number of rotatable bonds is 6. The highest BCUT2D eigenvalue weighted by Crippen LogP contribution is 2.23. The maximum Gasteiger partial charge on any atom is 0.244 e. The van der Waals surface area contributed by atoms with Gasteiger partial charge in [0.1, 0.15) is 5.82 Å². The van der Waals surface area contributed by atoms with Crippen LogP contribution in [0.4, 0.5) is 23.4 Å². The van der Waals surface area contributed by atoms with Crippen LogP contribution in [0.5, 0.6) is 0 Å². The number of nitrogens with one attached hydrogen (secondary N) is 2. The van der Waals surface area contributed by atoms with Crippen molar-refractivity contribution in [2.75, 3.05) is 22.6 Å². The fourth-order valence-corrected chi connectivity index (χ4v) is 3.70. The van der Waals surface area contributed by atoms with Gasteiger partial charge in [-0.1, -0.05) is 49.2 Å². The molecule has 0 radical (unpaired) electrons. The molecule has 1 aromatic carbocycles. The Morgan fingerprint density at radius 2 is 1.86 bits per heavy atom. The number of thioether (sulfide) groups is 1. The molecule has 0 spiro atoms. The molecule has 4 N–H and O–H groups in total. The molecule has 4 rings (SSSR count). The molecule has 28 heavy (non-hydrogen) atoms. The second kappa shape index (κ2) is 8.47. The van der Waals surface area contributed by atoms with Crippen LogP contribution < -0.4 is 16.4 Å². The van der Waals surface area contributed by atoms with Crippen LogP contribution in [0.25, 0.3) is 5.82 Å². The predicted octanol–water partition coefficient (Wildman–Crippen LogP) is 3.85. The number of hydrogen-bond acceptors (Lipinski definition) is 8. The highest BCUT2D eigenvalue weighted by molar-refractivity contribution is 7.98. The fraction of sp³-hybridized carbons (Fsp3) is 0.368. The molecule has 0 bridgehead atoms. The zero-order valence-electron chi connectivity index (χ0n) is 15.8. The third-order valence-corrected chi connectivity index (χ3v) is 5.26. The van der Waals surface area contributed by atoms with Crippen molar-refractivity contribution in [3.05, 3.63) is 36.4 Å². The van der Waals surface area contributed by atoms with Gasteiger partial charge in [0.05, 0.1) is 0 Å². The lowest BCUT2D eigenvalue weighted by Gasteiger charge is -2.21. The van der Waals surface area contributed by atoms with Crippen LogP contribution in [0.1, 0.15) is 32.1 Å². The van der Waals surface area contributed by atoms with E-state index in [0.29, 0.717) is 34.7 Å². The van der Waals surface area contributed by atoms with Crippen LogP contribution in [-0.4, -0.2) is 37.0 Å². The molecule has 0 amide bonds. The lowest BCUT2D eigenvalue weighted by atomic mass is 9.96. The molecule has 3 aromatic rings. The van der Waals surface area contributed by atoms with E-state index >= 15 is 0 Å². The normalized spacial score (nSPS) is 14.8. The minimum atomic E-state index is 0.301. The zero-order valence-corrected chi connectivity index (χ0v) is 16.6. The van der Waals surface area contributed by atoms with Gasteiger partial charge in [0.25, 0.3) is 0 Å². The number of benzene rings is 1. The van der Waals surface area contributed by atoms with Gasteiger partial charge in [0.2, 0.25) is 11.9 Å². The van der Waals surface area contributed by atoms with Gasteiger partial charge in [-0.2, -0.15) is 9.67 Å². The van der Waals surface area contributed by atoms with Crippen molar-refractivity contribution >= 4 is 35.2 Å². The molecule has 1 aliphatic carbocycles. The lowest BCUT2D eigenvalue weighted by Crippen LogP contribution is -2.23. The first-order chi connectivity index (χ1) is 13.7. The van der Waals surface area contributed by atoms with Crippen LogP contribution in [0.2, 0.25) is 0 Å². The smallest absolute Gasteiger partial charge is 0.244 e. The first-order valence-electron chi connectivity index (χ1n) is 9.46. The maximum absolute atomic E-state index is 6.13. The molecule has 2 aromatic heterocycles. The number of aromatic nitrogens is 5. The Labute approximate surface area is 168 Å². The summed E-state index contributed by atoms with van der Waals surface area (Å²) >= 11 is 1.46. The summed E-state index contributed by atoms with van der Waals surface area (Å²) in [5, 5.41) is 11.9. The standard InChI is InChI=1S/C19H24N8S/c1-28-19-23-15(21-13-8-4-2-5-9-13)12-16(24-19)27-17(20)25-18(26-27)22-14-10-6-3-7-11-14/h2,4-5,8-9,12,14H,3,6-7,10-11H2,1H3,(H,21,23,24)(H3,20,22,25,26). The van der Waals surface area contributed by atoms with Crippen LogP contribution in [0.15, 0.2) is 41.6 Å². The molecule has 8 nitrogen and oxygen atoms in total. The van der Waals surface area contributed by atoms with Crippen molar-refractivity contribution in [3.63, 3.8) is 0 Å². The van der Waals surface area contributed by atoms with Crippen LogP contribution in [0, 0.1) is 0 Å². The van der Waals surface area contributed by atoms with Gasteiger partial charge in [-0.25, -0.2) is 9.97 Å². The van der Waals surface area contributed by atoms with Gasteiger partial charge in [-0.05, 0) is 31.2 Å². The maximum atomic E-state index is 6.13. The quantitative estimate of drug-likeness (QED) is 0.426. The Kier molecular flexibility index (Phi) is 5.61. The summed E-state index contributed by atoms with van der Waals surface area (Å²) in [4.78, 5) is 13.5. The minimum Gasteiger partial charge on any atom is -0.368 e. The summed E-state index contributed by atoms with van der Waals surface area (Å²) in [5.41, 5.74) is 7.08. The van der Waals surface area contributed by atoms with Crippen molar-refractivity contribution in [1.29, 1.82) is 0 Å². The fourth-order valence-electron chi connectivity index (χ4n) is 3.33. The van der Waals surface area contributed by atoms with E-state index in [4.69, 9.17) is 5.73 Å². The summed E-state index contributed by atoms with van der Waals surface area (Å²) in [7, 11) is 0. The van der Waals surface area contributed by atoms with E-state index in [1.54, 1.807) is 4.68 Å². The largest absolute Gasteiger partial charge is 0.368 e. The molecule has 2 heterocycles. The lowest BCUT2D eigenvalue weighted by molar-refractivity contribution is 0.461. The molecular formula is C19H24N8S. The highest BCUT2D eigenvalue weighted by Gasteiger charge is 2.17. The Hall–Kier alpha value is -2.81. The van der Waals surface area contributed by atoms with Crippen LogP contribution >= 0.6 is 11.8 Å². The van der Waals surface area contributed by atoms with Crippen molar-refractivity contribution in [1.82, 2.24) is 24.7 Å². The van der Waals surface area contributed by atoms with Crippen LogP contribution in [0.3, 0.4) is 0 Å². The Bertz CT molecular complexity index is 921. The van der Waals surface area contributed by atoms with Crippen molar-refractivity contribution in [2.24, 2.45) is 0 Å². The van der Waals surface area contributed by atoms with Crippen molar-refractivity contribution in [3.8, 4) is 5.82 Å². The molecule has 0 aliphatic heterocycles. The summed E-state index contributed by atoms with van der Waals surface area (Å²) in [5.74, 6) is 2.11. The summed E-state index contributed by atoms with van der Waals surface area (Å²) in [6, 6.07) is 12.1. The second-order valence-corrected chi connectivity index (χ2v) is 7.55. The first kappa shape index (κ1) is 18.5. The molecule has 1 fully saturated rings. The molecular weight excluding hydrogens is 372 g/mol. The van der Waals surface area contributed by atoms with E-state index in [2.05, 4.69) is 30.7 Å². The average Bonchev–Trinajstić information content (AvgIpc) is 3.09. The van der Waals surface area contributed by atoms with Gasteiger partial charge in [0.15, 0.2) is 11.0 Å².